The van der Waals surface area contributed by atoms with E-state index in [1.54, 1.807) is 0 Å². The number of hydrogen-bond donors (Lipinski definition) is 2. The Labute approximate surface area is 222 Å². The van der Waals surface area contributed by atoms with Gasteiger partial charge in [0.05, 0.1) is 10.7 Å². The van der Waals surface area contributed by atoms with Crippen molar-refractivity contribution in [3.05, 3.63) is 93.0 Å². The Morgan fingerprint density at radius 1 is 0.943 bits per heavy atom. The Morgan fingerprint density at radius 2 is 1.69 bits per heavy atom. The summed E-state index contributed by atoms with van der Waals surface area (Å²) in [7, 11) is 0. The van der Waals surface area contributed by atoms with Gasteiger partial charge in [-0.05, 0) is 67.5 Å². The highest BCUT2D eigenvalue weighted by Gasteiger charge is 2.20. The van der Waals surface area contributed by atoms with E-state index in [1.165, 1.54) is 0 Å². The van der Waals surface area contributed by atoms with Crippen LogP contribution in [0.1, 0.15) is 27.0 Å². The highest BCUT2D eigenvalue weighted by Crippen LogP contribution is 2.30. The first-order valence-corrected chi connectivity index (χ1v) is 12.7. The second-order valence-corrected chi connectivity index (χ2v) is 9.97. The minimum absolute atomic E-state index is 0.229. The van der Waals surface area contributed by atoms with Crippen LogP contribution >= 0.6 is 35.4 Å². The van der Waals surface area contributed by atoms with E-state index in [9.17, 15) is 4.79 Å². The Hall–Kier alpha value is -2.64. The molecule has 1 aliphatic rings. The molecule has 2 N–H and O–H groups in total. The van der Waals surface area contributed by atoms with Crippen LogP contribution in [-0.4, -0.2) is 42.1 Å². The maximum atomic E-state index is 12.6. The van der Waals surface area contributed by atoms with E-state index in [0.717, 1.165) is 65.8 Å². The van der Waals surface area contributed by atoms with Crippen LogP contribution in [0.4, 0.5) is 11.4 Å². The van der Waals surface area contributed by atoms with Gasteiger partial charge < -0.3 is 10.2 Å². The molecule has 0 unspecified atom stereocenters. The number of hydrogen-bond acceptors (Lipinski definition) is 4. The first-order chi connectivity index (χ1) is 16.8. The van der Waals surface area contributed by atoms with Crippen LogP contribution in [0, 0.1) is 13.8 Å². The molecule has 3 aromatic rings. The largest absolute Gasteiger partial charge is 0.368 e. The van der Waals surface area contributed by atoms with Gasteiger partial charge in [-0.2, -0.15) is 0 Å². The van der Waals surface area contributed by atoms with Crippen molar-refractivity contribution in [1.82, 2.24) is 10.2 Å². The number of carbonyl (C=O) groups is 1. The molecule has 0 atom stereocenters. The molecule has 5 nitrogen and oxygen atoms in total. The summed E-state index contributed by atoms with van der Waals surface area (Å²) in [6, 6.07) is 19.4. The fourth-order valence-electron chi connectivity index (χ4n) is 4.26. The molecule has 35 heavy (non-hydrogen) atoms. The van der Waals surface area contributed by atoms with E-state index < -0.39 is 0 Å². The highest BCUT2D eigenvalue weighted by molar-refractivity contribution is 7.80. The standard InChI is InChI=1S/C27H28Cl2N4OS/c1-18-7-9-22(19(2)15-18)26(34)31-27(35)30-21-8-10-25(24(29)16-21)33-13-11-32(12-14-33)17-20-5-3-4-6-23(20)28/h3-10,15-16H,11-14,17H2,1-2H3,(H2,30,31,34,35). The molecule has 0 aromatic heterocycles. The normalized spacial score (nSPS) is 14.0. The minimum Gasteiger partial charge on any atom is -0.368 e. The molecule has 3 aromatic carbocycles. The van der Waals surface area contributed by atoms with E-state index >= 15 is 0 Å². The lowest BCUT2D eigenvalue weighted by atomic mass is 10.1. The zero-order chi connectivity index (χ0) is 24.9. The van der Waals surface area contributed by atoms with Crippen molar-refractivity contribution >= 4 is 57.8 Å². The molecule has 1 fully saturated rings. The van der Waals surface area contributed by atoms with Gasteiger partial charge in [-0.1, -0.05) is 59.1 Å². The summed E-state index contributed by atoms with van der Waals surface area (Å²) in [5.41, 5.74) is 5.47. The number of nitrogens with one attached hydrogen (secondary N) is 2. The summed E-state index contributed by atoms with van der Waals surface area (Å²) in [5.74, 6) is -0.239. The van der Waals surface area contributed by atoms with E-state index in [-0.39, 0.29) is 11.0 Å². The van der Waals surface area contributed by atoms with E-state index in [2.05, 4.69) is 26.5 Å². The number of thiocarbonyl (C=S) groups is 1. The number of aryl methyl sites for hydroxylation is 2. The van der Waals surface area contributed by atoms with Gasteiger partial charge in [0.25, 0.3) is 5.91 Å². The Morgan fingerprint density at radius 3 is 2.37 bits per heavy atom. The van der Waals surface area contributed by atoms with Crippen molar-refractivity contribution in [1.29, 1.82) is 0 Å². The molecule has 1 amide bonds. The first kappa shape index (κ1) is 25.5. The molecule has 4 rings (SSSR count). The van der Waals surface area contributed by atoms with Crippen molar-refractivity contribution in [3.8, 4) is 0 Å². The lowest BCUT2D eigenvalue weighted by Crippen LogP contribution is -2.46. The van der Waals surface area contributed by atoms with Crippen molar-refractivity contribution in [2.75, 3.05) is 36.4 Å². The molecule has 0 bridgehead atoms. The maximum absolute atomic E-state index is 12.6. The molecule has 0 radical (unpaired) electrons. The number of benzene rings is 3. The van der Waals surface area contributed by atoms with Crippen molar-refractivity contribution in [3.63, 3.8) is 0 Å². The molecule has 182 valence electrons. The predicted molar refractivity (Wildman–Crippen MR) is 150 cm³/mol. The van der Waals surface area contributed by atoms with Crippen LogP contribution < -0.4 is 15.5 Å². The van der Waals surface area contributed by atoms with Gasteiger partial charge in [-0.15, -0.1) is 0 Å². The molecule has 0 aliphatic carbocycles. The fraction of sp³-hybridized carbons (Fsp3) is 0.259. The number of anilines is 2. The zero-order valence-corrected chi connectivity index (χ0v) is 22.1. The second-order valence-electron chi connectivity index (χ2n) is 8.75. The van der Waals surface area contributed by atoms with E-state index in [1.807, 2.05) is 68.4 Å². The number of amides is 1. The number of carbonyl (C=O) groups excluding carboxylic acids is 1. The zero-order valence-electron chi connectivity index (χ0n) is 19.8. The van der Waals surface area contributed by atoms with Gasteiger partial charge >= 0.3 is 0 Å². The molecule has 0 spiro atoms. The first-order valence-electron chi connectivity index (χ1n) is 11.5. The van der Waals surface area contributed by atoms with Crippen molar-refractivity contribution in [2.45, 2.75) is 20.4 Å². The van der Waals surface area contributed by atoms with Gasteiger partial charge in [0.1, 0.15) is 0 Å². The number of piperazine rings is 1. The van der Waals surface area contributed by atoms with E-state index in [0.29, 0.717) is 10.6 Å². The average Bonchev–Trinajstić information content (AvgIpc) is 2.81. The number of rotatable bonds is 5. The van der Waals surface area contributed by atoms with E-state index in [4.69, 9.17) is 35.4 Å². The third-order valence-electron chi connectivity index (χ3n) is 6.12. The summed E-state index contributed by atoms with van der Waals surface area (Å²) in [5, 5.41) is 7.48. The fourth-order valence-corrected chi connectivity index (χ4v) is 4.96. The monoisotopic (exact) mass is 526 g/mol. The van der Waals surface area contributed by atoms with Crippen LogP contribution in [0.2, 0.25) is 10.0 Å². The van der Waals surface area contributed by atoms with Crippen molar-refractivity contribution in [2.24, 2.45) is 0 Å². The van der Waals surface area contributed by atoms with Crippen LogP contribution in [0.25, 0.3) is 0 Å². The molecular formula is C27H28Cl2N4OS. The third kappa shape index (κ3) is 6.53. The van der Waals surface area contributed by atoms with Gasteiger partial charge in [0, 0.05) is 49.0 Å². The second kappa shape index (κ2) is 11.4. The summed E-state index contributed by atoms with van der Waals surface area (Å²) in [6.45, 7) is 8.35. The molecule has 1 heterocycles. The Bertz CT molecular complexity index is 1240. The molecule has 1 saturated heterocycles. The predicted octanol–water partition coefficient (Wildman–Crippen LogP) is 6.06. The van der Waals surface area contributed by atoms with Gasteiger partial charge in [-0.3, -0.25) is 15.0 Å². The number of halogens is 2. The number of nitrogens with zero attached hydrogens (tertiary/aromatic N) is 2. The third-order valence-corrected chi connectivity index (χ3v) is 7.00. The van der Waals surface area contributed by atoms with Crippen molar-refractivity contribution < 1.29 is 4.79 Å². The summed E-state index contributed by atoms with van der Waals surface area (Å²) in [4.78, 5) is 17.3. The maximum Gasteiger partial charge on any atom is 0.257 e. The van der Waals surface area contributed by atoms with Crippen LogP contribution in [0.5, 0.6) is 0 Å². The topological polar surface area (TPSA) is 47.6 Å². The van der Waals surface area contributed by atoms with Crippen LogP contribution in [0.15, 0.2) is 60.7 Å². The lowest BCUT2D eigenvalue weighted by molar-refractivity contribution is 0.0977. The molecule has 0 saturated carbocycles. The average molecular weight is 528 g/mol. The van der Waals surface area contributed by atoms with Gasteiger partial charge in [-0.25, -0.2) is 0 Å². The summed E-state index contributed by atoms with van der Waals surface area (Å²) >= 11 is 18.3. The van der Waals surface area contributed by atoms with Crippen LogP contribution in [-0.2, 0) is 6.54 Å². The summed E-state index contributed by atoms with van der Waals surface area (Å²) in [6.07, 6.45) is 0. The van der Waals surface area contributed by atoms with Gasteiger partial charge in [0.15, 0.2) is 5.11 Å². The highest BCUT2D eigenvalue weighted by atomic mass is 35.5. The summed E-state index contributed by atoms with van der Waals surface area (Å²) < 4.78 is 0. The van der Waals surface area contributed by atoms with Crippen LogP contribution in [0.3, 0.4) is 0 Å². The molecule has 1 aliphatic heterocycles. The SMILES string of the molecule is Cc1ccc(C(=O)NC(=S)Nc2ccc(N3CCN(Cc4ccccc4Cl)CC3)c(Cl)c2)c(C)c1. The minimum atomic E-state index is -0.239. The smallest absolute Gasteiger partial charge is 0.257 e. The Balaban J connectivity index is 1.32. The van der Waals surface area contributed by atoms with Gasteiger partial charge in [0.2, 0.25) is 0 Å². The lowest BCUT2D eigenvalue weighted by Gasteiger charge is -2.36. The molecular weight excluding hydrogens is 499 g/mol. The Kier molecular flexibility index (Phi) is 8.29. The quantitative estimate of drug-likeness (QED) is 0.395. The molecule has 8 heteroatoms.